The van der Waals surface area contributed by atoms with Crippen molar-refractivity contribution in [1.29, 1.82) is 0 Å². The smallest absolute Gasteiger partial charge is 0.271 e. The average Bonchev–Trinajstić information content (AvgIpc) is 3.19. The summed E-state index contributed by atoms with van der Waals surface area (Å²) in [6, 6.07) is 15.8. The topological polar surface area (TPSA) is 64.0 Å². The van der Waals surface area contributed by atoms with Crippen LogP contribution in [-0.2, 0) is 18.4 Å². The second-order valence-corrected chi connectivity index (χ2v) is 8.47. The molecule has 0 fully saturated rings. The van der Waals surface area contributed by atoms with Gasteiger partial charge in [0.05, 0.1) is 11.3 Å². The van der Waals surface area contributed by atoms with Gasteiger partial charge in [0.25, 0.3) is 5.56 Å². The molecule has 30 heavy (non-hydrogen) atoms. The Balaban J connectivity index is 1.51. The highest BCUT2D eigenvalue weighted by Crippen LogP contribution is 2.32. The van der Waals surface area contributed by atoms with Crippen molar-refractivity contribution in [3.05, 3.63) is 81.7 Å². The van der Waals surface area contributed by atoms with Gasteiger partial charge in [-0.05, 0) is 23.3 Å². The number of aromatic nitrogens is 2. The second kappa shape index (κ2) is 8.81. The zero-order valence-corrected chi connectivity index (χ0v) is 17.7. The molecule has 0 aliphatic heterocycles. The van der Waals surface area contributed by atoms with Crippen molar-refractivity contribution in [3.8, 4) is 11.1 Å². The van der Waals surface area contributed by atoms with E-state index in [4.69, 9.17) is 0 Å². The summed E-state index contributed by atoms with van der Waals surface area (Å²) >= 11 is 2.59. The molecule has 2 aromatic heterocycles. The molecule has 0 unspecified atom stereocenters. The van der Waals surface area contributed by atoms with Crippen LogP contribution < -0.4 is 10.9 Å². The Morgan fingerprint density at radius 2 is 1.90 bits per heavy atom. The molecule has 0 saturated heterocycles. The van der Waals surface area contributed by atoms with Crippen LogP contribution >= 0.6 is 23.1 Å². The van der Waals surface area contributed by atoms with Crippen molar-refractivity contribution < 1.29 is 9.18 Å². The van der Waals surface area contributed by atoms with E-state index in [0.717, 1.165) is 16.7 Å². The van der Waals surface area contributed by atoms with Crippen LogP contribution in [0.15, 0.2) is 69.9 Å². The molecule has 5 nitrogen and oxygen atoms in total. The van der Waals surface area contributed by atoms with Gasteiger partial charge in [-0.1, -0.05) is 54.2 Å². The van der Waals surface area contributed by atoms with Gasteiger partial charge in [-0.15, -0.1) is 11.3 Å². The summed E-state index contributed by atoms with van der Waals surface area (Å²) in [4.78, 5) is 29.7. The summed E-state index contributed by atoms with van der Waals surface area (Å²) in [5.74, 6) is -0.378. The first-order valence-electron chi connectivity index (χ1n) is 9.20. The summed E-state index contributed by atoms with van der Waals surface area (Å²) in [6.45, 7) is 0.313. The highest BCUT2D eigenvalue weighted by Gasteiger charge is 2.16. The third kappa shape index (κ3) is 4.29. The number of nitrogens with zero attached hydrogens (tertiary/aromatic N) is 2. The zero-order valence-electron chi connectivity index (χ0n) is 16.1. The van der Waals surface area contributed by atoms with Crippen LogP contribution in [-0.4, -0.2) is 21.2 Å². The minimum atomic E-state index is -0.314. The Hall–Kier alpha value is -2.97. The summed E-state index contributed by atoms with van der Waals surface area (Å²) in [5, 5.41) is 5.23. The van der Waals surface area contributed by atoms with Crippen LogP contribution in [0.25, 0.3) is 21.3 Å². The van der Waals surface area contributed by atoms with Crippen molar-refractivity contribution in [2.45, 2.75) is 11.7 Å². The fourth-order valence-electron chi connectivity index (χ4n) is 2.96. The Kier molecular flexibility index (Phi) is 5.96. The molecule has 0 saturated carbocycles. The fourth-order valence-corrected chi connectivity index (χ4v) is 4.74. The molecule has 4 rings (SSSR count). The minimum Gasteiger partial charge on any atom is -0.351 e. The van der Waals surface area contributed by atoms with Crippen LogP contribution in [0, 0.1) is 5.82 Å². The quantitative estimate of drug-likeness (QED) is 0.361. The highest BCUT2D eigenvalue weighted by atomic mass is 32.2. The Morgan fingerprint density at radius 1 is 1.17 bits per heavy atom. The number of benzene rings is 2. The molecule has 1 N–H and O–H groups in total. The zero-order chi connectivity index (χ0) is 21.1. The van der Waals surface area contributed by atoms with E-state index in [-0.39, 0.29) is 23.0 Å². The van der Waals surface area contributed by atoms with Gasteiger partial charge in [0.1, 0.15) is 10.5 Å². The Labute approximate surface area is 180 Å². The van der Waals surface area contributed by atoms with Gasteiger partial charge in [0.15, 0.2) is 5.16 Å². The van der Waals surface area contributed by atoms with E-state index in [1.165, 1.54) is 39.8 Å². The lowest BCUT2D eigenvalue weighted by Gasteiger charge is -2.09. The highest BCUT2D eigenvalue weighted by molar-refractivity contribution is 7.99. The number of amides is 1. The van der Waals surface area contributed by atoms with Crippen molar-refractivity contribution in [3.63, 3.8) is 0 Å². The lowest BCUT2D eigenvalue weighted by Crippen LogP contribution is -2.25. The average molecular weight is 440 g/mol. The molecule has 2 heterocycles. The molecule has 4 aromatic rings. The summed E-state index contributed by atoms with van der Waals surface area (Å²) < 4.78 is 15.0. The van der Waals surface area contributed by atoms with E-state index < -0.39 is 0 Å². The number of thiophene rings is 1. The molecule has 8 heteroatoms. The number of hydrogen-bond acceptors (Lipinski definition) is 5. The van der Waals surface area contributed by atoms with E-state index in [1.54, 1.807) is 19.2 Å². The molecule has 0 bridgehead atoms. The third-order valence-electron chi connectivity index (χ3n) is 4.58. The van der Waals surface area contributed by atoms with Gasteiger partial charge in [-0.25, -0.2) is 9.37 Å². The number of carbonyl (C=O) groups excluding carboxylic acids is 1. The number of hydrogen-bond donors (Lipinski definition) is 1. The van der Waals surface area contributed by atoms with Gasteiger partial charge < -0.3 is 5.32 Å². The molecule has 0 radical (unpaired) electrons. The van der Waals surface area contributed by atoms with Gasteiger partial charge >= 0.3 is 0 Å². The molecule has 0 aliphatic rings. The summed E-state index contributed by atoms with van der Waals surface area (Å²) in [6.07, 6.45) is 0. The molecule has 1 amide bonds. The lowest BCUT2D eigenvalue weighted by molar-refractivity contribution is -0.118. The maximum atomic E-state index is 13.0. The molecule has 0 atom stereocenters. The van der Waals surface area contributed by atoms with Crippen molar-refractivity contribution in [2.75, 3.05) is 5.75 Å². The van der Waals surface area contributed by atoms with Crippen LogP contribution in [0.5, 0.6) is 0 Å². The molecular weight excluding hydrogens is 421 g/mol. The maximum Gasteiger partial charge on any atom is 0.271 e. The monoisotopic (exact) mass is 439 g/mol. The number of halogens is 1. The van der Waals surface area contributed by atoms with Crippen LogP contribution in [0.1, 0.15) is 5.56 Å². The number of fused-ring (bicyclic) bond motifs is 1. The molecule has 0 spiro atoms. The SMILES string of the molecule is Cn1c(SCC(=O)NCc2ccc(F)cc2)nc2c(-c3ccccc3)csc2c1=O. The normalized spacial score (nSPS) is 11.0. The lowest BCUT2D eigenvalue weighted by atomic mass is 10.1. The minimum absolute atomic E-state index is 0.123. The predicted molar refractivity (Wildman–Crippen MR) is 119 cm³/mol. The number of carbonyl (C=O) groups is 1. The second-order valence-electron chi connectivity index (χ2n) is 6.64. The van der Waals surface area contributed by atoms with Gasteiger partial charge in [-0.2, -0.15) is 0 Å². The largest absolute Gasteiger partial charge is 0.351 e. The maximum absolute atomic E-state index is 13.0. The van der Waals surface area contributed by atoms with E-state index in [1.807, 2.05) is 35.7 Å². The van der Waals surface area contributed by atoms with E-state index in [2.05, 4.69) is 10.3 Å². The van der Waals surface area contributed by atoms with E-state index in [0.29, 0.717) is 21.9 Å². The van der Waals surface area contributed by atoms with Gasteiger partial charge in [-0.3, -0.25) is 14.2 Å². The number of rotatable bonds is 6. The molecule has 152 valence electrons. The number of thioether (sulfide) groups is 1. The number of nitrogens with one attached hydrogen (secondary N) is 1. The van der Waals surface area contributed by atoms with Crippen LogP contribution in [0.3, 0.4) is 0 Å². The standard InChI is InChI=1S/C22H18FN3O2S2/c1-26-21(28)20-19(17(12-29-20)15-5-3-2-4-6-15)25-22(26)30-13-18(27)24-11-14-7-9-16(23)10-8-14/h2-10,12H,11,13H2,1H3,(H,24,27). The van der Waals surface area contributed by atoms with Crippen molar-refractivity contribution in [1.82, 2.24) is 14.9 Å². The first-order valence-corrected chi connectivity index (χ1v) is 11.1. The summed E-state index contributed by atoms with van der Waals surface area (Å²) in [7, 11) is 1.66. The third-order valence-corrected chi connectivity index (χ3v) is 6.57. The first kappa shape index (κ1) is 20.3. The van der Waals surface area contributed by atoms with E-state index in [9.17, 15) is 14.0 Å². The predicted octanol–water partition coefficient (Wildman–Crippen LogP) is 4.21. The van der Waals surface area contributed by atoms with Crippen LogP contribution in [0.2, 0.25) is 0 Å². The summed E-state index contributed by atoms with van der Waals surface area (Å²) in [5.41, 5.74) is 3.26. The fraction of sp³-hybridized carbons (Fsp3) is 0.136. The van der Waals surface area contributed by atoms with Crippen molar-refractivity contribution >= 4 is 39.2 Å². The van der Waals surface area contributed by atoms with Gasteiger partial charge in [0, 0.05) is 24.5 Å². The first-order chi connectivity index (χ1) is 14.5. The van der Waals surface area contributed by atoms with E-state index >= 15 is 0 Å². The Bertz CT molecular complexity index is 1250. The van der Waals surface area contributed by atoms with Gasteiger partial charge in [0.2, 0.25) is 5.91 Å². The van der Waals surface area contributed by atoms with Crippen molar-refractivity contribution in [2.24, 2.45) is 7.05 Å². The Morgan fingerprint density at radius 3 is 2.63 bits per heavy atom. The van der Waals surface area contributed by atoms with Crippen LogP contribution in [0.4, 0.5) is 4.39 Å². The molecular formula is C22H18FN3O2S2. The molecule has 2 aromatic carbocycles. The molecule has 0 aliphatic carbocycles.